The lowest BCUT2D eigenvalue weighted by Crippen LogP contribution is -2.15. The lowest BCUT2D eigenvalue weighted by molar-refractivity contribution is 0.255. The third-order valence-electron chi connectivity index (χ3n) is 3.99. The van der Waals surface area contributed by atoms with Crippen LogP contribution in [0.2, 0.25) is 0 Å². The molecule has 0 fully saturated rings. The number of aromatic nitrogens is 1. The van der Waals surface area contributed by atoms with E-state index in [1.165, 1.54) is 0 Å². The number of aromatic hydroxyl groups is 2. The summed E-state index contributed by atoms with van der Waals surface area (Å²) in [5.74, 6) is 0.999. The molecule has 1 aliphatic heterocycles. The van der Waals surface area contributed by atoms with Gasteiger partial charge in [-0.05, 0) is 48.0 Å². The van der Waals surface area contributed by atoms with E-state index in [1.807, 2.05) is 42.5 Å². The zero-order valence-electron chi connectivity index (χ0n) is 12.8. The third kappa shape index (κ3) is 2.58. The summed E-state index contributed by atoms with van der Waals surface area (Å²) >= 11 is 0. The lowest BCUT2D eigenvalue weighted by Gasteiger charge is -2.27. The van der Waals surface area contributed by atoms with Crippen molar-refractivity contribution >= 4 is 11.6 Å². The molecule has 0 radical (unpaired) electrons. The Morgan fingerprint density at radius 1 is 0.875 bits per heavy atom. The molecule has 2 heterocycles. The Kier molecular flexibility index (Phi) is 3.43. The van der Waals surface area contributed by atoms with Crippen molar-refractivity contribution in [3.8, 4) is 17.2 Å². The Labute approximate surface area is 139 Å². The van der Waals surface area contributed by atoms with Gasteiger partial charge in [0.1, 0.15) is 17.2 Å². The second-order valence-corrected chi connectivity index (χ2v) is 5.62. The van der Waals surface area contributed by atoms with Gasteiger partial charge in [0.25, 0.3) is 0 Å². The van der Waals surface area contributed by atoms with Crippen molar-refractivity contribution in [2.24, 2.45) is 0 Å². The van der Waals surface area contributed by atoms with Crippen LogP contribution in [0.5, 0.6) is 17.2 Å². The lowest BCUT2D eigenvalue weighted by atomic mass is 9.93. The van der Waals surface area contributed by atoms with Crippen LogP contribution in [0.15, 0.2) is 66.9 Å². The van der Waals surface area contributed by atoms with Gasteiger partial charge in [-0.2, -0.15) is 0 Å². The van der Waals surface area contributed by atoms with Gasteiger partial charge in [0.05, 0.1) is 5.69 Å². The maximum Gasteiger partial charge on any atom is 0.166 e. The second-order valence-electron chi connectivity index (χ2n) is 5.62. The standard InChI is InChI=1S/C20H15NO3/c22-15-7-4-13(5-8-15)17-11-14-6-9-16(23)12-19(14)24-20(17)18-3-1-2-10-21-18/h1-12,20,22-23H. The molecule has 4 rings (SSSR count). The van der Waals surface area contributed by atoms with Crippen molar-refractivity contribution in [3.63, 3.8) is 0 Å². The van der Waals surface area contributed by atoms with E-state index >= 15 is 0 Å². The van der Waals surface area contributed by atoms with Crippen molar-refractivity contribution in [1.29, 1.82) is 0 Å². The predicted molar refractivity (Wildman–Crippen MR) is 91.7 cm³/mol. The molecule has 1 atom stereocenters. The van der Waals surface area contributed by atoms with E-state index in [9.17, 15) is 10.2 Å². The minimum atomic E-state index is -0.384. The molecule has 1 aromatic heterocycles. The Balaban J connectivity index is 1.87. The summed E-state index contributed by atoms with van der Waals surface area (Å²) in [6.45, 7) is 0. The van der Waals surface area contributed by atoms with Crippen LogP contribution in [0.1, 0.15) is 22.9 Å². The molecule has 0 saturated carbocycles. The predicted octanol–water partition coefficient (Wildman–Crippen LogP) is 4.17. The average Bonchev–Trinajstić information content (AvgIpc) is 2.62. The maximum atomic E-state index is 9.71. The number of phenolic OH excluding ortho intramolecular Hbond substituents is 2. The molecule has 118 valence electrons. The summed E-state index contributed by atoms with van der Waals surface area (Å²) in [6.07, 6.45) is 3.37. The number of nitrogens with zero attached hydrogens (tertiary/aromatic N) is 1. The number of fused-ring (bicyclic) bond motifs is 1. The normalized spacial score (nSPS) is 16.0. The van der Waals surface area contributed by atoms with Gasteiger partial charge in [0, 0.05) is 23.4 Å². The van der Waals surface area contributed by atoms with Crippen molar-refractivity contribution in [1.82, 2.24) is 4.98 Å². The first-order valence-corrected chi connectivity index (χ1v) is 7.62. The molecule has 1 unspecified atom stereocenters. The Hall–Kier alpha value is -3.27. The van der Waals surface area contributed by atoms with Crippen LogP contribution in [0, 0.1) is 0 Å². The van der Waals surface area contributed by atoms with Gasteiger partial charge in [-0.1, -0.05) is 18.2 Å². The summed E-state index contributed by atoms with van der Waals surface area (Å²) in [5, 5.41) is 19.2. The van der Waals surface area contributed by atoms with E-state index in [2.05, 4.69) is 4.98 Å². The molecule has 2 N–H and O–H groups in total. The van der Waals surface area contributed by atoms with E-state index in [0.717, 1.165) is 22.4 Å². The maximum absolute atomic E-state index is 9.71. The molecule has 24 heavy (non-hydrogen) atoms. The highest BCUT2D eigenvalue weighted by atomic mass is 16.5. The van der Waals surface area contributed by atoms with Gasteiger partial charge < -0.3 is 14.9 Å². The zero-order chi connectivity index (χ0) is 16.5. The summed E-state index contributed by atoms with van der Waals surface area (Å²) in [7, 11) is 0. The monoisotopic (exact) mass is 317 g/mol. The summed E-state index contributed by atoms with van der Waals surface area (Å²) in [5.41, 5.74) is 3.57. The van der Waals surface area contributed by atoms with E-state index in [4.69, 9.17) is 4.74 Å². The molecule has 0 amide bonds. The number of benzene rings is 2. The molecule has 0 saturated heterocycles. The minimum absolute atomic E-state index is 0.162. The first kappa shape index (κ1) is 14.3. The van der Waals surface area contributed by atoms with Crippen LogP contribution in [0.4, 0.5) is 0 Å². The van der Waals surface area contributed by atoms with E-state index < -0.39 is 0 Å². The van der Waals surface area contributed by atoms with Gasteiger partial charge in [-0.3, -0.25) is 4.98 Å². The molecule has 1 aliphatic rings. The number of hydrogen-bond acceptors (Lipinski definition) is 4. The van der Waals surface area contributed by atoms with Gasteiger partial charge in [0.2, 0.25) is 0 Å². The fourth-order valence-corrected chi connectivity index (χ4v) is 2.82. The smallest absolute Gasteiger partial charge is 0.166 e. The van der Waals surface area contributed by atoms with Crippen molar-refractivity contribution in [2.75, 3.05) is 0 Å². The SMILES string of the molecule is Oc1ccc(C2=Cc3ccc(O)cc3OC2c2ccccn2)cc1. The number of pyridine rings is 1. The Morgan fingerprint density at radius 2 is 1.67 bits per heavy atom. The zero-order valence-corrected chi connectivity index (χ0v) is 12.8. The fraction of sp³-hybridized carbons (Fsp3) is 0.0500. The molecular formula is C20H15NO3. The van der Waals surface area contributed by atoms with Gasteiger partial charge in [-0.15, -0.1) is 0 Å². The Bertz CT molecular complexity index is 902. The van der Waals surface area contributed by atoms with Crippen molar-refractivity contribution in [2.45, 2.75) is 6.10 Å². The topological polar surface area (TPSA) is 62.6 Å². The van der Waals surface area contributed by atoms with Crippen molar-refractivity contribution in [3.05, 3.63) is 83.7 Å². The average molecular weight is 317 g/mol. The highest BCUT2D eigenvalue weighted by Crippen LogP contribution is 2.42. The van der Waals surface area contributed by atoms with Gasteiger partial charge in [-0.25, -0.2) is 0 Å². The quantitative estimate of drug-likeness (QED) is 0.745. The van der Waals surface area contributed by atoms with Gasteiger partial charge >= 0.3 is 0 Å². The highest BCUT2D eigenvalue weighted by Gasteiger charge is 2.26. The largest absolute Gasteiger partial charge is 0.508 e. The fourth-order valence-electron chi connectivity index (χ4n) is 2.82. The summed E-state index contributed by atoms with van der Waals surface area (Å²) in [4.78, 5) is 4.41. The third-order valence-corrected chi connectivity index (χ3v) is 3.99. The summed E-state index contributed by atoms with van der Waals surface area (Å²) < 4.78 is 6.14. The molecule has 0 aliphatic carbocycles. The molecule has 0 spiro atoms. The first-order valence-electron chi connectivity index (χ1n) is 7.62. The molecule has 3 aromatic rings. The number of ether oxygens (including phenoxy) is 1. The molecular weight excluding hydrogens is 302 g/mol. The second kappa shape index (κ2) is 5.74. The molecule has 0 bridgehead atoms. The van der Waals surface area contributed by atoms with Crippen molar-refractivity contribution < 1.29 is 14.9 Å². The molecule has 4 heteroatoms. The number of phenols is 2. The van der Waals surface area contributed by atoms with Crippen LogP contribution in [0.3, 0.4) is 0 Å². The Morgan fingerprint density at radius 3 is 2.42 bits per heavy atom. The van der Waals surface area contributed by atoms with Crippen LogP contribution in [-0.2, 0) is 0 Å². The van der Waals surface area contributed by atoms with E-state index in [0.29, 0.717) is 5.75 Å². The van der Waals surface area contributed by atoms with Crippen LogP contribution >= 0.6 is 0 Å². The van der Waals surface area contributed by atoms with Crippen LogP contribution in [-0.4, -0.2) is 15.2 Å². The number of rotatable bonds is 2. The number of hydrogen-bond donors (Lipinski definition) is 2. The van der Waals surface area contributed by atoms with E-state index in [1.54, 1.807) is 30.5 Å². The van der Waals surface area contributed by atoms with Gasteiger partial charge in [0.15, 0.2) is 6.10 Å². The van der Waals surface area contributed by atoms with E-state index in [-0.39, 0.29) is 17.6 Å². The first-order chi connectivity index (χ1) is 11.7. The molecule has 2 aromatic carbocycles. The minimum Gasteiger partial charge on any atom is -0.508 e. The highest BCUT2D eigenvalue weighted by molar-refractivity contribution is 5.88. The van der Waals surface area contributed by atoms with Crippen LogP contribution < -0.4 is 4.74 Å². The van der Waals surface area contributed by atoms with Crippen LogP contribution in [0.25, 0.3) is 11.6 Å². The summed E-state index contributed by atoms with van der Waals surface area (Å²) in [6, 6.07) is 17.7. The molecule has 4 nitrogen and oxygen atoms in total.